The second-order valence-corrected chi connectivity index (χ2v) is 8.65. The van der Waals surface area contributed by atoms with Gasteiger partial charge < -0.3 is 33.3 Å². The van der Waals surface area contributed by atoms with Gasteiger partial charge in [-0.05, 0) is 53.9 Å². The maximum Gasteiger partial charge on any atom is 0.269 e. The van der Waals surface area contributed by atoms with Crippen LogP contribution in [-0.4, -0.2) is 64.4 Å². The molecule has 0 saturated heterocycles. The first-order valence-corrected chi connectivity index (χ1v) is 12.1. The maximum absolute atomic E-state index is 14.0. The van der Waals surface area contributed by atoms with Crippen LogP contribution in [0.3, 0.4) is 0 Å². The summed E-state index contributed by atoms with van der Waals surface area (Å²) >= 11 is 0. The third kappa shape index (κ3) is 5.47. The average molecular weight is 539 g/mol. The third-order valence-corrected chi connectivity index (χ3v) is 6.63. The van der Waals surface area contributed by atoms with E-state index < -0.39 is 11.0 Å². The second kappa shape index (κ2) is 11.8. The highest BCUT2D eigenvalue weighted by atomic mass is 16.6. The first-order chi connectivity index (χ1) is 18.8. The van der Waals surface area contributed by atoms with E-state index in [-0.39, 0.29) is 18.2 Å². The first kappa shape index (κ1) is 27.4. The fourth-order valence-electron chi connectivity index (χ4n) is 4.66. The Morgan fingerprint density at radius 2 is 1.46 bits per heavy atom. The second-order valence-electron chi connectivity index (χ2n) is 8.65. The number of non-ortho nitro benzene ring substituents is 1. The van der Waals surface area contributed by atoms with Gasteiger partial charge in [0.15, 0.2) is 23.0 Å². The molecule has 0 aliphatic carbocycles. The first-order valence-electron chi connectivity index (χ1n) is 12.1. The summed E-state index contributed by atoms with van der Waals surface area (Å²) in [7, 11) is 7.60. The Labute approximate surface area is 225 Å². The molecule has 1 aliphatic heterocycles. The van der Waals surface area contributed by atoms with Crippen LogP contribution in [0.2, 0.25) is 0 Å². The van der Waals surface area contributed by atoms with Crippen molar-refractivity contribution in [3.63, 3.8) is 0 Å². The summed E-state index contributed by atoms with van der Waals surface area (Å²) in [4.78, 5) is 26.2. The zero-order valence-electron chi connectivity index (χ0n) is 22.4. The molecule has 3 aromatic carbocycles. The van der Waals surface area contributed by atoms with Crippen LogP contribution in [0.25, 0.3) is 0 Å². The molecule has 4 rings (SSSR count). The Morgan fingerprint density at radius 3 is 2.00 bits per heavy atom. The quantitative estimate of drug-likeness (QED) is 0.272. The molecule has 0 saturated carbocycles. The summed E-state index contributed by atoms with van der Waals surface area (Å²) in [5, 5.41) is 11.0. The van der Waals surface area contributed by atoms with Crippen molar-refractivity contribution in [1.29, 1.82) is 0 Å². The Morgan fingerprint density at radius 1 is 0.872 bits per heavy atom. The molecule has 1 heterocycles. The Balaban J connectivity index is 1.73. The van der Waals surface area contributed by atoms with Gasteiger partial charge in [0.05, 0.1) is 46.5 Å². The van der Waals surface area contributed by atoms with Crippen LogP contribution in [0.15, 0.2) is 48.5 Å². The van der Waals surface area contributed by atoms with Gasteiger partial charge in [0.1, 0.15) is 12.4 Å². The number of carbonyl (C=O) groups is 1. The number of ether oxygens (including phenoxy) is 6. The van der Waals surface area contributed by atoms with Crippen LogP contribution in [0.5, 0.6) is 34.5 Å². The minimum absolute atomic E-state index is 0.0404. The highest BCUT2D eigenvalue weighted by Gasteiger charge is 2.34. The Kier molecular flexibility index (Phi) is 8.28. The van der Waals surface area contributed by atoms with E-state index in [0.717, 1.165) is 11.1 Å². The standard InChI is InChI=1S/C28H30N2O9/c1-34-23-12-17-10-11-29(28(31)18-13-25(36-3)27(38-5)26(14-18)37-4)22(21(17)15-24(23)35-2)16-39-20-8-6-19(7-9-20)30(32)33/h6-9,12-15,22H,10-11,16H2,1-5H3/t22-/m1/s1. The van der Waals surface area contributed by atoms with Crippen molar-refractivity contribution in [3.05, 3.63) is 75.3 Å². The van der Waals surface area contributed by atoms with Crippen molar-refractivity contribution in [1.82, 2.24) is 4.90 Å². The number of nitro benzene ring substituents is 1. The van der Waals surface area contributed by atoms with Gasteiger partial charge in [0.2, 0.25) is 5.75 Å². The van der Waals surface area contributed by atoms with E-state index >= 15 is 0 Å². The largest absolute Gasteiger partial charge is 0.493 e. The molecule has 206 valence electrons. The fraction of sp³-hybridized carbons (Fsp3) is 0.321. The summed E-state index contributed by atoms with van der Waals surface area (Å²) in [6.45, 7) is 0.503. The molecule has 1 aliphatic rings. The van der Waals surface area contributed by atoms with E-state index in [9.17, 15) is 14.9 Å². The topological polar surface area (TPSA) is 119 Å². The number of amides is 1. The highest BCUT2D eigenvalue weighted by Crippen LogP contribution is 2.41. The van der Waals surface area contributed by atoms with Crippen molar-refractivity contribution in [3.8, 4) is 34.5 Å². The van der Waals surface area contributed by atoms with Crippen molar-refractivity contribution >= 4 is 11.6 Å². The van der Waals surface area contributed by atoms with Crippen molar-refractivity contribution < 1.29 is 38.1 Å². The lowest BCUT2D eigenvalue weighted by Gasteiger charge is -2.37. The molecule has 0 unspecified atom stereocenters. The number of carbonyl (C=O) groups excluding carboxylic acids is 1. The number of nitro groups is 1. The van der Waals surface area contributed by atoms with Gasteiger partial charge in [-0.2, -0.15) is 0 Å². The summed E-state index contributed by atoms with van der Waals surface area (Å²) < 4.78 is 33.4. The minimum Gasteiger partial charge on any atom is -0.493 e. The van der Waals surface area contributed by atoms with E-state index in [1.165, 1.54) is 45.6 Å². The molecular formula is C28H30N2O9. The van der Waals surface area contributed by atoms with Crippen LogP contribution >= 0.6 is 0 Å². The van der Waals surface area contributed by atoms with Crippen LogP contribution in [-0.2, 0) is 6.42 Å². The predicted octanol–water partition coefficient (Wildman–Crippen LogP) is 4.46. The third-order valence-electron chi connectivity index (χ3n) is 6.63. The van der Waals surface area contributed by atoms with Crippen LogP contribution in [0, 0.1) is 10.1 Å². The normalized spacial score (nSPS) is 14.2. The molecule has 11 heteroatoms. The van der Waals surface area contributed by atoms with E-state index in [1.807, 2.05) is 12.1 Å². The van der Waals surface area contributed by atoms with E-state index in [2.05, 4.69) is 0 Å². The van der Waals surface area contributed by atoms with Gasteiger partial charge in [-0.15, -0.1) is 0 Å². The SMILES string of the molecule is COc1cc2c(cc1OC)[C@@H](COc1ccc([N+](=O)[O-])cc1)N(C(=O)c1cc(OC)c(OC)c(OC)c1)CC2. The van der Waals surface area contributed by atoms with Crippen molar-refractivity contribution in [2.24, 2.45) is 0 Å². The van der Waals surface area contributed by atoms with E-state index in [0.29, 0.717) is 53.0 Å². The summed E-state index contributed by atoms with van der Waals surface area (Å²) in [5.41, 5.74) is 2.16. The van der Waals surface area contributed by atoms with Gasteiger partial charge in [-0.25, -0.2) is 0 Å². The number of fused-ring (bicyclic) bond motifs is 1. The zero-order chi connectivity index (χ0) is 28.1. The molecule has 39 heavy (non-hydrogen) atoms. The number of nitrogens with zero attached hydrogens (tertiary/aromatic N) is 2. The molecule has 3 aromatic rings. The summed E-state index contributed by atoms with van der Waals surface area (Å²) in [6.07, 6.45) is 0.583. The Hall–Kier alpha value is -4.67. The molecule has 11 nitrogen and oxygen atoms in total. The highest BCUT2D eigenvalue weighted by molar-refractivity contribution is 5.96. The molecule has 0 aromatic heterocycles. The summed E-state index contributed by atoms with van der Waals surface area (Å²) in [6, 6.07) is 12.3. The van der Waals surface area contributed by atoms with E-state index in [1.54, 1.807) is 31.3 Å². The van der Waals surface area contributed by atoms with E-state index in [4.69, 9.17) is 28.4 Å². The Bertz CT molecular complexity index is 1330. The fourth-order valence-corrected chi connectivity index (χ4v) is 4.66. The predicted molar refractivity (Wildman–Crippen MR) is 142 cm³/mol. The van der Waals surface area contributed by atoms with Crippen LogP contribution < -0.4 is 28.4 Å². The zero-order valence-corrected chi connectivity index (χ0v) is 22.4. The molecule has 1 atom stereocenters. The molecule has 0 bridgehead atoms. The number of rotatable bonds is 10. The lowest BCUT2D eigenvalue weighted by Crippen LogP contribution is -2.42. The molecular weight excluding hydrogens is 508 g/mol. The molecule has 0 fully saturated rings. The number of hydrogen-bond acceptors (Lipinski definition) is 9. The lowest BCUT2D eigenvalue weighted by atomic mass is 9.91. The smallest absolute Gasteiger partial charge is 0.269 e. The van der Waals surface area contributed by atoms with Crippen LogP contribution in [0.1, 0.15) is 27.5 Å². The monoisotopic (exact) mass is 538 g/mol. The lowest BCUT2D eigenvalue weighted by molar-refractivity contribution is -0.384. The van der Waals surface area contributed by atoms with Gasteiger partial charge >= 0.3 is 0 Å². The average Bonchev–Trinajstić information content (AvgIpc) is 2.97. The molecule has 0 radical (unpaired) electrons. The number of benzene rings is 3. The van der Waals surface area contributed by atoms with Crippen molar-refractivity contribution in [2.45, 2.75) is 12.5 Å². The number of hydrogen-bond donors (Lipinski definition) is 0. The van der Waals surface area contributed by atoms with Crippen molar-refractivity contribution in [2.75, 3.05) is 48.7 Å². The van der Waals surface area contributed by atoms with Gasteiger partial charge in [-0.3, -0.25) is 14.9 Å². The number of methoxy groups -OCH3 is 5. The summed E-state index contributed by atoms with van der Waals surface area (Å²) in [5.74, 6) is 2.41. The molecule has 0 spiro atoms. The molecule has 0 N–H and O–H groups in total. The van der Waals surface area contributed by atoms with Gasteiger partial charge in [0, 0.05) is 24.2 Å². The van der Waals surface area contributed by atoms with Gasteiger partial charge in [0.25, 0.3) is 11.6 Å². The van der Waals surface area contributed by atoms with Crippen LogP contribution in [0.4, 0.5) is 5.69 Å². The minimum atomic E-state index is -0.504. The maximum atomic E-state index is 14.0. The van der Waals surface area contributed by atoms with Gasteiger partial charge in [-0.1, -0.05) is 0 Å². The molecule has 1 amide bonds.